The van der Waals surface area contributed by atoms with Crippen LogP contribution < -0.4 is 20.1 Å². The summed E-state index contributed by atoms with van der Waals surface area (Å²) in [6.07, 6.45) is -0.0561. The molecule has 0 amide bonds. The fraction of sp³-hybridized carbons (Fsp3) is 0.0909. The van der Waals surface area contributed by atoms with Gasteiger partial charge in [-0.1, -0.05) is 0 Å². The Balaban J connectivity index is 1.41. The lowest BCUT2D eigenvalue weighted by molar-refractivity contribution is -0.137. The molecule has 3 heterocycles. The van der Waals surface area contributed by atoms with Crippen LogP contribution in [0, 0.1) is 0 Å². The van der Waals surface area contributed by atoms with Crippen molar-refractivity contribution >= 4 is 23.1 Å². The molecule has 2 N–H and O–H groups in total. The Hall–Kier alpha value is -4.21. The number of ether oxygens (including phenoxy) is 2. The standard InChI is InChI=1S/C22H16F3N5O2/c23-22(24,25)17-12-26-21(28-14-3-6-16(7-4-14)30-9-1-2-10-30)29-20(17)27-15-5-8-18-19(11-15)32-13-31-18/h1-12H,13H2,(H2,26,27,28,29). The summed E-state index contributed by atoms with van der Waals surface area (Å²) >= 11 is 0. The van der Waals surface area contributed by atoms with Crippen molar-refractivity contribution in [3.63, 3.8) is 0 Å². The normalized spacial score (nSPS) is 12.6. The van der Waals surface area contributed by atoms with Gasteiger partial charge in [-0.15, -0.1) is 0 Å². The highest BCUT2D eigenvalue weighted by Gasteiger charge is 2.35. The van der Waals surface area contributed by atoms with E-state index >= 15 is 0 Å². The summed E-state index contributed by atoms with van der Waals surface area (Å²) in [6, 6.07) is 15.9. The van der Waals surface area contributed by atoms with Gasteiger partial charge >= 0.3 is 6.18 Å². The highest BCUT2D eigenvalue weighted by Crippen LogP contribution is 2.38. The minimum Gasteiger partial charge on any atom is -0.454 e. The molecule has 1 aliphatic heterocycles. The van der Waals surface area contributed by atoms with E-state index in [-0.39, 0.29) is 18.6 Å². The second kappa shape index (κ2) is 7.80. The fourth-order valence-corrected chi connectivity index (χ4v) is 3.21. The van der Waals surface area contributed by atoms with Crippen molar-refractivity contribution in [3.8, 4) is 17.2 Å². The second-order valence-electron chi connectivity index (χ2n) is 6.91. The number of alkyl halides is 3. The third-order valence-electron chi connectivity index (χ3n) is 4.76. The first kappa shape index (κ1) is 19.7. The van der Waals surface area contributed by atoms with Gasteiger partial charge in [0.15, 0.2) is 11.5 Å². The molecule has 32 heavy (non-hydrogen) atoms. The first-order valence-electron chi connectivity index (χ1n) is 9.57. The topological polar surface area (TPSA) is 73.2 Å². The number of aromatic nitrogens is 3. The van der Waals surface area contributed by atoms with Crippen LogP contribution in [0.4, 0.5) is 36.3 Å². The fourth-order valence-electron chi connectivity index (χ4n) is 3.21. The largest absolute Gasteiger partial charge is 0.454 e. The second-order valence-corrected chi connectivity index (χ2v) is 6.91. The first-order chi connectivity index (χ1) is 15.5. The minimum atomic E-state index is -4.63. The summed E-state index contributed by atoms with van der Waals surface area (Å²) < 4.78 is 53.0. The molecule has 0 bridgehead atoms. The number of nitrogens with one attached hydrogen (secondary N) is 2. The predicted octanol–water partition coefficient (Wildman–Crippen LogP) is 5.50. The van der Waals surface area contributed by atoms with Gasteiger partial charge in [-0.2, -0.15) is 18.2 Å². The van der Waals surface area contributed by atoms with Crippen molar-refractivity contribution in [2.45, 2.75) is 6.18 Å². The van der Waals surface area contributed by atoms with Crippen molar-refractivity contribution in [1.29, 1.82) is 0 Å². The molecule has 10 heteroatoms. The lowest BCUT2D eigenvalue weighted by Gasteiger charge is -2.15. The van der Waals surface area contributed by atoms with E-state index in [9.17, 15) is 13.2 Å². The third-order valence-corrected chi connectivity index (χ3v) is 4.76. The Morgan fingerprint density at radius 3 is 2.34 bits per heavy atom. The third kappa shape index (κ3) is 4.02. The SMILES string of the molecule is FC(F)(F)c1cnc(Nc2ccc(-n3cccc3)cc2)nc1Nc1ccc2c(c1)OCO2. The maximum atomic E-state index is 13.5. The average molecular weight is 439 g/mol. The number of fused-ring (bicyclic) bond motifs is 1. The molecular formula is C22H16F3N5O2. The van der Waals surface area contributed by atoms with Crippen LogP contribution in [0.5, 0.6) is 11.5 Å². The molecule has 2 aromatic carbocycles. The average Bonchev–Trinajstić information content (AvgIpc) is 3.45. The summed E-state index contributed by atoms with van der Waals surface area (Å²) in [7, 11) is 0. The van der Waals surface area contributed by atoms with Gasteiger partial charge in [-0.05, 0) is 48.5 Å². The molecule has 4 aromatic rings. The first-order valence-corrected chi connectivity index (χ1v) is 9.57. The molecule has 0 saturated carbocycles. The van der Waals surface area contributed by atoms with E-state index in [2.05, 4.69) is 20.6 Å². The zero-order valence-electron chi connectivity index (χ0n) is 16.4. The number of rotatable bonds is 5. The lowest BCUT2D eigenvalue weighted by Crippen LogP contribution is -2.12. The summed E-state index contributed by atoms with van der Waals surface area (Å²) in [4.78, 5) is 7.91. The molecule has 162 valence electrons. The summed E-state index contributed by atoms with van der Waals surface area (Å²) in [5, 5.41) is 5.65. The van der Waals surface area contributed by atoms with Crippen LogP contribution in [0.15, 0.2) is 73.2 Å². The van der Waals surface area contributed by atoms with Crippen molar-refractivity contribution < 1.29 is 22.6 Å². The predicted molar refractivity (Wildman–Crippen MR) is 112 cm³/mol. The van der Waals surface area contributed by atoms with E-state index in [4.69, 9.17) is 9.47 Å². The number of benzene rings is 2. The van der Waals surface area contributed by atoms with E-state index in [0.29, 0.717) is 22.9 Å². The number of halogens is 3. The molecule has 2 aromatic heterocycles. The van der Waals surface area contributed by atoms with E-state index < -0.39 is 11.7 Å². The van der Waals surface area contributed by atoms with Crippen molar-refractivity contribution in [1.82, 2.24) is 14.5 Å². The Bertz CT molecular complexity index is 1240. The molecule has 0 spiro atoms. The van der Waals surface area contributed by atoms with E-state index in [1.165, 1.54) is 0 Å². The van der Waals surface area contributed by atoms with Crippen LogP contribution >= 0.6 is 0 Å². The van der Waals surface area contributed by atoms with Crippen molar-refractivity contribution in [2.75, 3.05) is 17.4 Å². The summed E-state index contributed by atoms with van der Waals surface area (Å²) in [5.74, 6) is 0.617. The molecule has 5 rings (SSSR count). The van der Waals surface area contributed by atoms with Crippen molar-refractivity contribution in [3.05, 3.63) is 78.8 Å². The van der Waals surface area contributed by atoms with Crippen LogP contribution in [0.25, 0.3) is 5.69 Å². The maximum absolute atomic E-state index is 13.5. The molecule has 0 radical (unpaired) electrons. The Morgan fingerprint density at radius 1 is 0.875 bits per heavy atom. The molecule has 0 saturated heterocycles. The highest BCUT2D eigenvalue weighted by atomic mass is 19.4. The highest BCUT2D eigenvalue weighted by molar-refractivity contribution is 5.66. The summed E-state index contributed by atoms with van der Waals surface area (Å²) in [5.41, 5.74) is 0.970. The van der Waals surface area contributed by atoms with Gasteiger partial charge in [-0.3, -0.25) is 0 Å². The van der Waals surface area contributed by atoms with Crippen LogP contribution in [-0.2, 0) is 6.18 Å². The molecule has 0 atom stereocenters. The lowest BCUT2D eigenvalue weighted by atomic mass is 10.2. The van der Waals surface area contributed by atoms with E-state index in [1.807, 2.05) is 41.2 Å². The van der Waals surface area contributed by atoms with Gasteiger partial charge in [0, 0.05) is 41.7 Å². The summed E-state index contributed by atoms with van der Waals surface area (Å²) in [6.45, 7) is 0.0668. The molecule has 0 aliphatic carbocycles. The zero-order valence-corrected chi connectivity index (χ0v) is 16.4. The van der Waals surface area contributed by atoms with Crippen molar-refractivity contribution in [2.24, 2.45) is 0 Å². The molecule has 1 aliphatic rings. The van der Waals surface area contributed by atoms with Crippen LogP contribution in [0.1, 0.15) is 5.56 Å². The van der Waals surface area contributed by atoms with Crippen LogP contribution in [0.2, 0.25) is 0 Å². The van der Waals surface area contributed by atoms with Crippen LogP contribution in [-0.4, -0.2) is 21.3 Å². The Labute approximate surface area is 180 Å². The van der Waals surface area contributed by atoms with Gasteiger partial charge in [0.2, 0.25) is 12.7 Å². The number of nitrogens with zero attached hydrogens (tertiary/aromatic N) is 3. The molecule has 0 fully saturated rings. The Morgan fingerprint density at radius 2 is 1.59 bits per heavy atom. The monoisotopic (exact) mass is 439 g/mol. The molecule has 0 unspecified atom stereocenters. The smallest absolute Gasteiger partial charge is 0.421 e. The van der Waals surface area contributed by atoms with E-state index in [0.717, 1.165) is 11.9 Å². The van der Waals surface area contributed by atoms with Gasteiger partial charge in [-0.25, -0.2) is 4.98 Å². The molecular weight excluding hydrogens is 423 g/mol. The van der Waals surface area contributed by atoms with Gasteiger partial charge in [0.25, 0.3) is 0 Å². The molecule has 7 nitrogen and oxygen atoms in total. The van der Waals surface area contributed by atoms with E-state index in [1.54, 1.807) is 30.3 Å². The quantitative estimate of drug-likeness (QED) is 0.428. The Kier molecular flexibility index (Phi) is 4.81. The number of anilines is 4. The number of hydrogen-bond acceptors (Lipinski definition) is 6. The maximum Gasteiger partial charge on any atom is 0.421 e. The van der Waals surface area contributed by atoms with Gasteiger partial charge in [0.05, 0.1) is 0 Å². The van der Waals surface area contributed by atoms with Gasteiger partial charge < -0.3 is 24.7 Å². The van der Waals surface area contributed by atoms with Crippen LogP contribution in [0.3, 0.4) is 0 Å². The number of hydrogen-bond donors (Lipinski definition) is 2. The van der Waals surface area contributed by atoms with Gasteiger partial charge in [0.1, 0.15) is 11.4 Å². The minimum absolute atomic E-state index is 0.0231. The zero-order chi connectivity index (χ0) is 22.1.